The van der Waals surface area contributed by atoms with Gasteiger partial charge in [0.2, 0.25) is 0 Å². The molecule has 1 fully saturated rings. The fourth-order valence-corrected chi connectivity index (χ4v) is 1.48. The van der Waals surface area contributed by atoms with Gasteiger partial charge in [-0.25, -0.2) is 0 Å². The molecular formula is C10H20. The third-order valence-corrected chi connectivity index (χ3v) is 2.71. The van der Waals surface area contributed by atoms with Gasteiger partial charge in [-0.05, 0) is 36.5 Å². The Balaban J connectivity index is 2.68. The van der Waals surface area contributed by atoms with Gasteiger partial charge in [-0.1, -0.05) is 27.6 Å². The maximum atomic E-state index is 7.49. The minimum Gasteiger partial charge on any atom is -0.0599 e. The molecule has 1 saturated carbocycles. The van der Waals surface area contributed by atoms with E-state index in [2.05, 4.69) is 13.8 Å². The van der Waals surface area contributed by atoms with Crippen LogP contribution < -0.4 is 0 Å². The number of rotatable bonds is 0. The minimum absolute atomic E-state index is 0.352. The standard InChI is InChI=1S/C10H20/c1-9(2)5-7-10(3,4)8-6-9/h5-8H2,1-4H3/i1D3. The molecule has 0 aromatic rings. The van der Waals surface area contributed by atoms with Crippen LogP contribution in [0.1, 0.15) is 57.4 Å². The molecular weight excluding hydrogens is 120 g/mol. The summed E-state index contributed by atoms with van der Waals surface area (Å²) in [5.41, 5.74) is -0.0761. The summed E-state index contributed by atoms with van der Waals surface area (Å²) < 4.78 is 22.5. The summed E-state index contributed by atoms with van der Waals surface area (Å²) in [5, 5.41) is 0. The largest absolute Gasteiger partial charge is 0.0599 e. The fourth-order valence-electron chi connectivity index (χ4n) is 1.48. The molecule has 0 bridgehead atoms. The first kappa shape index (κ1) is 4.79. The van der Waals surface area contributed by atoms with E-state index in [-0.39, 0.29) is 0 Å². The molecule has 0 spiro atoms. The van der Waals surface area contributed by atoms with Gasteiger partial charge in [0.25, 0.3) is 0 Å². The second kappa shape index (κ2) is 2.25. The van der Waals surface area contributed by atoms with Crippen LogP contribution in [0.15, 0.2) is 0 Å². The average Bonchev–Trinajstić information content (AvgIpc) is 1.94. The van der Waals surface area contributed by atoms with Crippen molar-refractivity contribution in [3.63, 3.8) is 0 Å². The summed E-state index contributed by atoms with van der Waals surface area (Å²) in [5.74, 6) is 0. The highest BCUT2D eigenvalue weighted by Crippen LogP contribution is 2.44. The zero-order valence-electron chi connectivity index (χ0n) is 10.3. The summed E-state index contributed by atoms with van der Waals surface area (Å²) in [7, 11) is 0. The lowest BCUT2D eigenvalue weighted by Crippen LogP contribution is -2.26. The molecule has 0 aliphatic heterocycles. The Labute approximate surface area is 69.2 Å². The Hall–Kier alpha value is 0. The SMILES string of the molecule is [2H]C([2H])([2H])C1(C)CCC(C)(C)CC1. The highest BCUT2D eigenvalue weighted by molar-refractivity contribution is 4.82. The molecule has 0 radical (unpaired) electrons. The molecule has 1 aliphatic rings. The molecule has 1 rings (SSSR count). The Morgan fingerprint density at radius 2 is 1.30 bits per heavy atom. The molecule has 0 nitrogen and oxygen atoms in total. The van der Waals surface area contributed by atoms with Crippen molar-refractivity contribution in [1.82, 2.24) is 0 Å². The van der Waals surface area contributed by atoms with Crippen molar-refractivity contribution in [3.05, 3.63) is 0 Å². The lowest BCUT2D eigenvalue weighted by molar-refractivity contribution is 0.133. The Kier molecular flexibility index (Phi) is 1.08. The van der Waals surface area contributed by atoms with Crippen molar-refractivity contribution < 1.29 is 4.11 Å². The molecule has 0 unspecified atom stereocenters. The highest BCUT2D eigenvalue weighted by Gasteiger charge is 2.30. The van der Waals surface area contributed by atoms with E-state index >= 15 is 0 Å². The van der Waals surface area contributed by atoms with E-state index in [9.17, 15) is 0 Å². The molecule has 0 aromatic heterocycles. The van der Waals surface area contributed by atoms with Gasteiger partial charge in [0, 0.05) is 4.11 Å². The van der Waals surface area contributed by atoms with E-state index in [1.165, 1.54) is 0 Å². The first-order valence-electron chi connectivity index (χ1n) is 5.66. The molecule has 0 atom stereocenters. The van der Waals surface area contributed by atoms with Gasteiger partial charge in [0.15, 0.2) is 0 Å². The molecule has 1 aliphatic carbocycles. The van der Waals surface area contributed by atoms with Crippen LogP contribution >= 0.6 is 0 Å². The van der Waals surface area contributed by atoms with Crippen LogP contribution in [0.5, 0.6) is 0 Å². The third-order valence-electron chi connectivity index (χ3n) is 2.71. The first-order valence-corrected chi connectivity index (χ1v) is 4.16. The minimum atomic E-state index is -1.77. The first-order chi connectivity index (χ1) is 5.66. The molecule has 10 heavy (non-hydrogen) atoms. The van der Waals surface area contributed by atoms with E-state index in [1.54, 1.807) is 0 Å². The summed E-state index contributed by atoms with van der Waals surface area (Å²) in [4.78, 5) is 0. The molecule has 60 valence electrons. The van der Waals surface area contributed by atoms with E-state index in [0.29, 0.717) is 5.41 Å². The lowest BCUT2D eigenvalue weighted by atomic mass is 9.67. The molecule has 0 amide bonds. The maximum Gasteiger partial charge on any atom is 0.0236 e. The molecule has 0 saturated heterocycles. The fraction of sp³-hybridized carbons (Fsp3) is 1.00. The number of hydrogen-bond donors (Lipinski definition) is 0. The topological polar surface area (TPSA) is 0 Å². The van der Waals surface area contributed by atoms with Crippen molar-refractivity contribution in [2.24, 2.45) is 10.8 Å². The van der Waals surface area contributed by atoms with Crippen molar-refractivity contribution in [3.8, 4) is 0 Å². The van der Waals surface area contributed by atoms with Gasteiger partial charge in [-0.2, -0.15) is 0 Å². The van der Waals surface area contributed by atoms with Crippen LogP contribution in [0.4, 0.5) is 0 Å². The van der Waals surface area contributed by atoms with E-state index < -0.39 is 12.3 Å². The molecule has 0 heteroatoms. The van der Waals surface area contributed by atoms with Crippen LogP contribution in [-0.4, -0.2) is 0 Å². The van der Waals surface area contributed by atoms with Crippen molar-refractivity contribution in [2.45, 2.75) is 53.3 Å². The van der Waals surface area contributed by atoms with E-state index in [0.717, 1.165) is 25.7 Å². The van der Waals surface area contributed by atoms with Crippen LogP contribution in [0.2, 0.25) is 0 Å². The second-order valence-corrected chi connectivity index (χ2v) is 4.72. The maximum absolute atomic E-state index is 7.49. The number of hydrogen-bond acceptors (Lipinski definition) is 0. The predicted octanol–water partition coefficient (Wildman–Crippen LogP) is 3.61. The van der Waals surface area contributed by atoms with Gasteiger partial charge < -0.3 is 0 Å². The van der Waals surface area contributed by atoms with Crippen molar-refractivity contribution in [2.75, 3.05) is 0 Å². The zero-order chi connectivity index (χ0) is 10.3. The summed E-state index contributed by atoms with van der Waals surface area (Å²) in [6.45, 7) is 4.59. The monoisotopic (exact) mass is 143 g/mol. The van der Waals surface area contributed by atoms with E-state index in [4.69, 9.17) is 4.11 Å². The highest BCUT2D eigenvalue weighted by atomic mass is 14.4. The van der Waals surface area contributed by atoms with Gasteiger partial charge in [-0.15, -0.1) is 0 Å². The normalized spacial score (nSPS) is 35.7. The zero-order valence-corrected chi connectivity index (χ0v) is 7.33. The van der Waals surface area contributed by atoms with Crippen molar-refractivity contribution >= 4 is 0 Å². The Morgan fingerprint density at radius 3 is 1.70 bits per heavy atom. The molecule has 0 N–H and O–H groups in total. The van der Waals surface area contributed by atoms with Gasteiger partial charge in [0.1, 0.15) is 0 Å². The Morgan fingerprint density at radius 1 is 0.900 bits per heavy atom. The van der Waals surface area contributed by atoms with Crippen LogP contribution in [0, 0.1) is 10.8 Å². The van der Waals surface area contributed by atoms with Crippen LogP contribution in [0.25, 0.3) is 0 Å². The van der Waals surface area contributed by atoms with E-state index in [1.807, 2.05) is 6.92 Å². The summed E-state index contributed by atoms with van der Waals surface area (Å²) in [6.07, 6.45) is 3.77. The molecule has 0 heterocycles. The molecule has 0 aromatic carbocycles. The smallest absolute Gasteiger partial charge is 0.0236 e. The van der Waals surface area contributed by atoms with Crippen molar-refractivity contribution in [1.29, 1.82) is 0 Å². The quantitative estimate of drug-likeness (QED) is 0.486. The van der Waals surface area contributed by atoms with Gasteiger partial charge >= 0.3 is 0 Å². The second-order valence-electron chi connectivity index (χ2n) is 4.72. The summed E-state index contributed by atoms with van der Waals surface area (Å²) in [6, 6.07) is 0. The summed E-state index contributed by atoms with van der Waals surface area (Å²) >= 11 is 0. The third kappa shape index (κ3) is 2.00. The average molecular weight is 143 g/mol. The lowest BCUT2D eigenvalue weighted by Gasteiger charge is -2.39. The van der Waals surface area contributed by atoms with Gasteiger partial charge in [-0.3, -0.25) is 0 Å². The van der Waals surface area contributed by atoms with Gasteiger partial charge in [0.05, 0.1) is 0 Å². The van der Waals surface area contributed by atoms with Crippen LogP contribution in [0.3, 0.4) is 0 Å². The predicted molar refractivity (Wildman–Crippen MR) is 46.0 cm³/mol. The van der Waals surface area contributed by atoms with Crippen LogP contribution in [-0.2, 0) is 0 Å². The Bertz CT molecular complexity index is 181.